The van der Waals surface area contributed by atoms with Crippen LogP contribution in [0.15, 0.2) is 54.6 Å². The molecule has 0 saturated heterocycles. The molecule has 0 atom stereocenters. The van der Waals surface area contributed by atoms with Gasteiger partial charge in [0, 0.05) is 17.7 Å². The van der Waals surface area contributed by atoms with E-state index in [1.165, 1.54) is 6.08 Å². The zero-order valence-corrected chi connectivity index (χ0v) is 13.3. The number of carbonyl (C=O) groups is 1. The Morgan fingerprint density at radius 1 is 1.13 bits per heavy atom. The maximum absolute atomic E-state index is 11.4. The first-order valence-corrected chi connectivity index (χ1v) is 7.42. The van der Waals surface area contributed by atoms with Crippen molar-refractivity contribution in [2.24, 2.45) is 0 Å². The van der Waals surface area contributed by atoms with Crippen LogP contribution in [0.2, 0.25) is 0 Å². The highest BCUT2D eigenvalue weighted by Gasteiger charge is 2.04. The minimum absolute atomic E-state index is 0.354. The third kappa shape index (κ3) is 5.18. The van der Waals surface area contributed by atoms with Crippen LogP contribution in [0.25, 0.3) is 6.08 Å². The largest absolute Gasteiger partial charge is 0.496 e. The summed E-state index contributed by atoms with van der Waals surface area (Å²) in [6, 6.07) is 15.4. The van der Waals surface area contributed by atoms with Gasteiger partial charge in [-0.1, -0.05) is 30.3 Å². The lowest BCUT2D eigenvalue weighted by atomic mass is 10.1. The topological polar surface area (TPSA) is 44.8 Å². The van der Waals surface area contributed by atoms with Crippen molar-refractivity contribution in [1.29, 1.82) is 0 Å². The Labute approximate surface area is 136 Å². The molecule has 0 aliphatic rings. The molecule has 2 aromatic rings. The van der Waals surface area contributed by atoms with Crippen LogP contribution in [0, 0.1) is 0 Å². The van der Waals surface area contributed by atoms with Crippen molar-refractivity contribution in [3.63, 3.8) is 0 Å². The summed E-state index contributed by atoms with van der Waals surface area (Å²) in [6.07, 6.45) is 3.05. The van der Waals surface area contributed by atoms with Gasteiger partial charge >= 0.3 is 5.97 Å². The molecule has 0 fully saturated rings. The van der Waals surface area contributed by atoms with Gasteiger partial charge in [-0.25, -0.2) is 4.79 Å². The highest BCUT2D eigenvalue weighted by Crippen LogP contribution is 2.26. The summed E-state index contributed by atoms with van der Waals surface area (Å²) in [6.45, 7) is 2.61. The fourth-order valence-corrected chi connectivity index (χ4v) is 2.01. The van der Waals surface area contributed by atoms with E-state index < -0.39 is 0 Å². The zero-order chi connectivity index (χ0) is 16.5. The number of methoxy groups -OCH3 is 1. The Bertz CT molecular complexity index is 662. The van der Waals surface area contributed by atoms with Crippen molar-refractivity contribution < 1.29 is 19.0 Å². The van der Waals surface area contributed by atoms with Crippen molar-refractivity contribution >= 4 is 12.0 Å². The molecule has 23 heavy (non-hydrogen) atoms. The molecule has 4 heteroatoms. The van der Waals surface area contributed by atoms with E-state index in [4.69, 9.17) is 14.2 Å². The van der Waals surface area contributed by atoms with Crippen LogP contribution >= 0.6 is 0 Å². The number of esters is 1. The van der Waals surface area contributed by atoms with E-state index in [1.54, 1.807) is 26.2 Å². The molecule has 0 unspecified atom stereocenters. The summed E-state index contributed by atoms with van der Waals surface area (Å²) < 4.78 is 16.0. The molecular formula is C19H20O4. The second-order valence-electron chi connectivity index (χ2n) is 4.76. The fourth-order valence-electron chi connectivity index (χ4n) is 2.01. The van der Waals surface area contributed by atoms with Gasteiger partial charge in [0.25, 0.3) is 0 Å². The summed E-state index contributed by atoms with van der Waals surface area (Å²) in [4.78, 5) is 11.4. The molecule has 0 bridgehead atoms. The van der Waals surface area contributed by atoms with E-state index in [1.807, 2.05) is 42.5 Å². The summed E-state index contributed by atoms with van der Waals surface area (Å²) in [7, 11) is 1.58. The van der Waals surface area contributed by atoms with Gasteiger partial charge in [0.2, 0.25) is 0 Å². The van der Waals surface area contributed by atoms with Crippen molar-refractivity contribution in [2.75, 3.05) is 13.7 Å². The Kier molecular flexibility index (Phi) is 6.24. The van der Waals surface area contributed by atoms with Gasteiger partial charge in [0.15, 0.2) is 0 Å². The van der Waals surface area contributed by atoms with E-state index in [-0.39, 0.29) is 5.97 Å². The molecule has 0 radical (unpaired) electrons. The van der Waals surface area contributed by atoms with Gasteiger partial charge in [0.1, 0.15) is 18.1 Å². The average molecular weight is 312 g/mol. The van der Waals surface area contributed by atoms with Crippen LogP contribution in [-0.2, 0) is 16.1 Å². The lowest BCUT2D eigenvalue weighted by molar-refractivity contribution is -0.137. The van der Waals surface area contributed by atoms with Gasteiger partial charge in [0.05, 0.1) is 13.7 Å². The summed E-state index contributed by atoms with van der Waals surface area (Å²) >= 11 is 0. The number of ether oxygens (including phenoxy) is 3. The van der Waals surface area contributed by atoms with E-state index in [9.17, 15) is 4.79 Å². The minimum Gasteiger partial charge on any atom is -0.496 e. The molecule has 0 spiro atoms. The Hall–Kier alpha value is -2.75. The Balaban J connectivity index is 2.05. The summed E-state index contributed by atoms with van der Waals surface area (Å²) in [5.74, 6) is 0.967. The monoisotopic (exact) mass is 312 g/mol. The highest BCUT2D eigenvalue weighted by atomic mass is 16.5. The van der Waals surface area contributed by atoms with Crippen molar-refractivity contribution in [2.45, 2.75) is 13.5 Å². The van der Waals surface area contributed by atoms with Gasteiger partial charge in [-0.2, -0.15) is 0 Å². The molecule has 0 aromatic heterocycles. The number of benzene rings is 2. The van der Waals surface area contributed by atoms with Crippen molar-refractivity contribution in [1.82, 2.24) is 0 Å². The first-order chi connectivity index (χ1) is 11.2. The molecule has 2 aromatic carbocycles. The molecule has 0 saturated carbocycles. The molecule has 120 valence electrons. The highest BCUT2D eigenvalue weighted by molar-refractivity contribution is 5.87. The molecule has 0 aliphatic carbocycles. The van der Waals surface area contributed by atoms with Gasteiger partial charge in [-0.05, 0) is 30.7 Å². The van der Waals surface area contributed by atoms with Crippen LogP contribution in [-0.4, -0.2) is 19.7 Å². The van der Waals surface area contributed by atoms with Crippen LogP contribution in [0.5, 0.6) is 11.5 Å². The Morgan fingerprint density at radius 2 is 1.91 bits per heavy atom. The first kappa shape index (κ1) is 16.6. The van der Waals surface area contributed by atoms with Gasteiger partial charge < -0.3 is 14.2 Å². The first-order valence-electron chi connectivity index (χ1n) is 7.42. The van der Waals surface area contributed by atoms with Gasteiger partial charge in [-0.3, -0.25) is 0 Å². The van der Waals surface area contributed by atoms with Crippen LogP contribution in [0.3, 0.4) is 0 Å². The molecule has 0 aliphatic heterocycles. The summed E-state index contributed by atoms with van der Waals surface area (Å²) in [5.41, 5.74) is 1.88. The molecule has 2 rings (SSSR count). The average Bonchev–Trinajstić information content (AvgIpc) is 2.59. The zero-order valence-electron chi connectivity index (χ0n) is 13.3. The van der Waals surface area contributed by atoms with Crippen LogP contribution in [0.4, 0.5) is 0 Å². The lowest BCUT2D eigenvalue weighted by Gasteiger charge is -2.10. The van der Waals surface area contributed by atoms with E-state index in [0.29, 0.717) is 24.7 Å². The van der Waals surface area contributed by atoms with E-state index in [2.05, 4.69) is 0 Å². The second-order valence-corrected chi connectivity index (χ2v) is 4.76. The van der Waals surface area contributed by atoms with E-state index in [0.717, 1.165) is 11.1 Å². The third-order valence-corrected chi connectivity index (χ3v) is 3.14. The maximum Gasteiger partial charge on any atom is 0.330 e. The number of hydrogen-bond acceptors (Lipinski definition) is 4. The molecule has 0 N–H and O–H groups in total. The molecule has 0 heterocycles. The normalized spacial score (nSPS) is 10.5. The number of rotatable bonds is 7. The standard InChI is InChI=1S/C19H20O4/c1-3-22-19(20)12-10-16-9-11-17(13-18(16)21-2)23-14-15-7-5-4-6-8-15/h4-13H,3,14H2,1-2H3. The SMILES string of the molecule is CCOC(=O)C=Cc1ccc(OCc2ccccc2)cc1OC. The quantitative estimate of drug-likeness (QED) is 0.575. The predicted octanol–water partition coefficient (Wildman–Crippen LogP) is 3.85. The van der Waals surface area contributed by atoms with Crippen LogP contribution < -0.4 is 9.47 Å². The summed E-state index contributed by atoms with van der Waals surface area (Å²) in [5, 5.41) is 0. The van der Waals surface area contributed by atoms with E-state index >= 15 is 0 Å². The fraction of sp³-hybridized carbons (Fsp3) is 0.211. The minimum atomic E-state index is -0.376. The second kappa shape index (κ2) is 8.63. The number of carbonyl (C=O) groups excluding carboxylic acids is 1. The van der Waals surface area contributed by atoms with Crippen molar-refractivity contribution in [3.05, 3.63) is 65.7 Å². The third-order valence-electron chi connectivity index (χ3n) is 3.14. The molecular weight excluding hydrogens is 292 g/mol. The smallest absolute Gasteiger partial charge is 0.330 e. The number of hydrogen-bond donors (Lipinski definition) is 0. The molecule has 0 amide bonds. The van der Waals surface area contributed by atoms with Crippen LogP contribution in [0.1, 0.15) is 18.1 Å². The maximum atomic E-state index is 11.4. The van der Waals surface area contributed by atoms with Crippen molar-refractivity contribution in [3.8, 4) is 11.5 Å². The predicted molar refractivity (Wildman–Crippen MR) is 89.4 cm³/mol. The van der Waals surface area contributed by atoms with Gasteiger partial charge in [-0.15, -0.1) is 0 Å². The molecule has 4 nitrogen and oxygen atoms in total. The lowest BCUT2D eigenvalue weighted by Crippen LogP contribution is -1.99. The Morgan fingerprint density at radius 3 is 2.61 bits per heavy atom.